The zero-order valence-electron chi connectivity index (χ0n) is 26.2. The molecule has 8 nitrogen and oxygen atoms in total. The molecule has 0 bridgehead atoms. The molecule has 1 saturated heterocycles. The molecule has 2 aromatic carbocycles. The Morgan fingerprint density at radius 3 is 2.05 bits per heavy atom. The second-order valence-corrected chi connectivity index (χ2v) is 13.0. The Labute approximate surface area is 251 Å². The summed E-state index contributed by atoms with van der Waals surface area (Å²) in [6.45, 7) is 12.9. The summed E-state index contributed by atoms with van der Waals surface area (Å²) < 4.78 is 11.7. The van der Waals surface area contributed by atoms with E-state index in [1.165, 1.54) is 0 Å². The lowest BCUT2D eigenvalue weighted by molar-refractivity contribution is -0.164. The number of carbonyl (C=O) groups is 3. The Bertz CT molecular complexity index is 1150. The molecule has 1 aliphatic rings. The molecule has 0 aromatic heterocycles. The maximum atomic E-state index is 13.7. The molecule has 230 valence electrons. The average Bonchev–Trinajstić information content (AvgIpc) is 3.21. The smallest absolute Gasteiger partial charge is 0.332 e. The van der Waals surface area contributed by atoms with E-state index in [2.05, 4.69) is 10.6 Å². The minimum absolute atomic E-state index is 0.154. The fraction of sp³-hybridized carbons (Fsp3) is 0.559. The van der Waals surface area contributed by atoms with Crippen molar-refractivity contribution in [1.29, 1.82) is 0 Å². The monoisotopic (exact) mass is 579 g/mol. The standard InChI is InChI=1S/C34H49N3O5/c1-25(2)22-29(35-32(40)37-20-12-7-8-13-21-37)30(38)36-34(6,31(39)42-33(3,4)5)23-26-16-18-28(19-17-26)41-24-27-14-10-9-11-15-27/h9-11,14-19,25,29H,7-8,12-13,20-24H2,1-6H3,(H,35,40)(H,36,38). The summed E-state index contributed by atoms with van der Waals surface area (Å²) in [5.74, 6) is -0.0711. The van der Waals surface area contributed by atoms with E-state index in [9.17, 15) is 14.4 Å². The number of ether oxygens (including phenoxy) is 2. The summed E-state index contributed by atoms with van der Waals surface area (Å²) in [7, 11) is 0. The molecule has 1 fully saturated rings. The van der Waals surface area contributed by atoms with E-state index in [1.54, 1.807) is 32.6 Å². The van der Waals surface area contributed by atoms with Gasteiger partial charge >= 0.3 is 12.0 Å². The fourth-order valence-corrected chi connectivity index (χ4v) is 4.99. The molecular weight excluding hydrogens is 530 g/mol. The van der Waals surface area contributed by atoms with E-state index >= 15 is 0 Å². The van der Waals surface area contributed by atoms with E-state index in [4.69, 9.17) is 9.47 Å². The van der Waals surface area contributed by atoms with Crippen molar-refractivity contribution in [3.63, 3.8) is 0 Å². The molecule has 42 heavy (non-hydrogen) atoms. The summed E-state index contributed by atoms with van der Waals surface area (Å²) in [6.07, 6.45) is 4.79. The zero-order chi connectivity index (χ0) is 30.8. The van der Waals surface area contributed by atoms with Gasteiger partial charge in [-0.2, -0.15) is 0 Å². The second kappa shape index (κ2) is 15.1. The predicted octanol–water partition coefficient (Wildman–Crippen LogP) is 6.03. The van der Waals surface area contributed by atoms with Gasteiger partial charge in [0.15, 0.2) is 0 Å². The van der Waals surface area contributed by atoms with Gasteiger partial charge in [0, 0.05) is 19.5 Å². The molecule has 8 heteroatoms. The molecule has 1 aliphatic heterocycles. The number of rotatable bonds is 11. The molecule has 2 unspecified atom stereocenters. The van der Waals surface area contributed by atoms with Crippen LogP contribution in [0.2, 0.25) is 0 Å². The van der Waals surface area contributed by atoms with Gasteiger partial charge in [0.1, 0.15) is 29.5 Å². The number of hydrogen-bond donors (Lipinski definition) is 2. The van der Waals surface area contributed by atoms with E-state index in [-0.39, 0.29) is 18.4 Å². The van der Waals surface area contributed by atoms with Crippen LogP contribution in [0.25, 0.3) is 0 Å². The van der Waals surface area contributed by atoms with E-state index in [0.29, 0.717) is 31.9 Å². The molecule has 3 amide bonds. The number of benzene rings is 2. The first-order valence-electron chi connectivity index (χ1n) is 15.2. The number of carbonyl (C=O) groups excluding carboxylic acids is 3. The van der Waals surface area contributed by atoms with Crippen molar-refractivity contribution in [3.8, 4) is 5.75 Å². The Morgan fingerprint density at radius 1 is 0.857 bits per heavy atom. The minimum Gasteiger partial charge on any atom is -0.489 e. The third-order valence-corrected chi connectivity index (χ3v) is 7.19. The molecular formula is C34H49N3O5. The lowest BCUT2D eigenvalue weighted by Gasteiger charge is -2.34. The molecule has 0 spiro atoms. The van der Waals surface area contributed by atoms with Crippen molar-refractivity contribution in [1.82, 2.24) is 15.5 Å². The SMILES string of the molecule is CC(C)CC(NC(=O)N1CCCCCC1)C(=O)NC(C)(Cc1ccc(OCc2ccccc2)cc1)C(=O)OC(C)(C)C. The first kappa shape index (κ1) is 33.0. The number of amides is 3. The highest BCUT2D eigenvalue weighted by atomic mass is 16.6. The van der Waals surface area contributed by atoms with Gasteiger partial charge in [-0.05, 0) is 76.1 Å². The van der Waals surface area contributed by atoms with E-state index in [0.717, 1.165) is 36.8 Å². The highest BCUT2D eigenvalue weighted by Gasteiger charge is 2.40. The van der Waals surface area contributed by atoms with Crippen LogP contribution in [0.5, 0.6) is 5.75 Å². The lowest BCUT2D eigenvalue weighted by Crippen LogP contribution is -2.61. The summed E-state index contributed by atoms with van der Waals surface area (Å²) in [6, 6.07) is 16.4. The number of likely N-dealkylation sites (tertiary alicyclic amines) is 1. The Hall–Kier alpha value is -3.55. The zero-order valence-corrected chi connectivity index (χ0v) is 26.2. The van der Waals surface area contributed by atoms with Crippen LogP contribution in [0.4, 0.5) is 4.79 Å². The van der Waals surface area contributed by atoms with Gasteiger partial charge in [0.2, 0.25) is 5.91 Å². The van der Waals surface area contributed by atoms with Gasteiger partial charge in [-0.25, -0.2) is 9.59 Å². The summed E-state index contributed by atoms with van der Waals surface area (Å²) in [4.78, 5) is 42.2. The molecule has 2 atom stereocenters. The van der Waals surface area contributed by atoms with Crippen LogP contribution in [0.15, 0.2) is 54.6 Å². The predicted molar refractivity (Wildman–Crippen MR) is 165 cm³/mol. The highest BCUT2D eigenvalue weighted by Crippen LogP contribution is 2.23. The molecule has 2 aromatic rings. The van der Waals surface area contributed by atoms with Gasteiger partial charge in [-0.3, -0.25) is 4.79 Å². The Balaban J connectivity index is 1.76. The molecule has 0 saturated carbocycles. The number of urea groups is 1. The molecule has 3 rings (SSSR count). The van der Waals surface area contributed by atoms with Gasteiger partial charge in [0.05, 0.1) is 0 Å². The molecule has 1 heterocycles. The van der Waals surface area contributed by atoms with Crippen LogP contribution in [-0.4, -0.2) is 53.1 Å². The van der Waals surface area contributed by atoms with Crippen LogP contribution >= 0.6 is 0 Å². The lowest BCUT2D eigenvalue weighted by atomic mass is 9.91. The summed E-state index contributed by atoms with van der Waals surface area (Å²) in [5.41, 5.74) is -0.194. The molecule has 0 aliphatic carbocycles. The normalized spacial score (nSPS) is 16.1. The first-order valence-corrected chi connectivity index (χ1v) is 15.2. The van der Waals surface area contributed by atoms with Gasteiger partial charge < -0.3 is 25.0 Å². The van der Waals surface area contributed by atoms with Crippen molar-refractivity contribution in [2.75, 3.05) is 13.1 Å². The average molecular weight is 580 g/mol. The maximum Gasteiger partial charge on any atom is 0.332 e. The third kappa shape index (κ3) is 10.7. The fourth-order valence-electron chi connectivity index (χ4n) is 4.99. The molecule has 2 N–H and O–H groups in total. The van der Waals surface area contributed by atoms with Crippen LogP contribution in [-0.2, 0) is 27.4 Å². The number of nitrogens with zero attached hydrogens (tertiary/aromatic N) is 1. The summed E-state index contributed by atoms with van der Waals surface area (Å²) >= 11 is 0. The van der Waals surface area contributed by atoms with Crippen LogP contribution in [0.1, 0.15) is 84.8 Å². The Morgan fingerprint density at radius 2 is 1.48 bits per heavy atom. The quantitative estimate of drug-likeness (QED) is 0.317. The van der Waals surface area contributed by atoms with Crippen molar-refractivity contribution >= 4 is 17.9 Å². The van der Waals surface area contributed by atoms with Gasteiger partial charge in [-0.1, -0.05) is 69.2 Å². The second-order valence-electron chi connectivity index (χ2n) is 13.0. The number of nitrogens with one attached hydrogen (secondary N) is 2. The Kier molecular flexibility index (Phi) is 11.8. The van der Waals surface area contributed by atoms with E-state index in [1.807, 2.05) is 68.4 Å². The number of esters is 1. The minimum atomic E-state index is -1.36. The largest absolute Gasteiger partial charge is 0.489 e. The third-order valence-electron chi connectivity index (χ3n) is 7.19. The van der Waals surface area contributed by atoms with Gasteiger partial charge in [-0.15, -0.1) is 0 Å². The van der Waals surface area contributed by atoms with Gasteiger partial charge in [0.25, 0.3) is 0 Å². The molecule has 0 radical (unpaired) electrons. The van der Waals surface area contributed by atoms with Crippen LogP contribution < -0.4 is 15.4 Å². The topological polar surface area (TPSA) is 97.0 Å². The van der Waals surface area contributed by atoms with Crippen molar-refractivity contribution in [2.45, 2.75) is 104 Å². The van der Waals surface area contributed by atoms with Crippen LogP contribution in [0, 0.1) is 5.92 Å². The highest BCUT2D eigenvalue weighted by molar-refractivity contribution is 5.92. The first-order chi connectivity index (χ1) is 19.8. The maximum absolute atomic E-state index is 13.7. The van der Waals surface area contributed by atoms with Crippen molar-refractivity contribution in [2.24, 2.45) is 5.92 Å². The van der Waals surface area contributed by atoms with Crippen molar-refractivity contribution < 1.29 is 23.9 Å². The van der Waals surface area contributed by atoms with Crippen LogP contribution in [0.3, 0.4) is 0 Å². The number of hydrogen-bond acceptors (Lipinski definition) is 5. The van der Waals surface area contributed by atoms with Crippen molar-refractivity contribution in [3.05, 3.63) is 65.7 Å². The summed E-state index contributed by atoms with van der Waals surface area (Å²) in [5, 5.41) is 5.93. The van der Waals surface area contributed by atoms with E-state index < -0.39 is 29.1 Å².